The summed E-state index contributed by atoms with van der Waals surface area (Å²) in [6.07, 6.45) is 1.65. The van der Waals surface area contributed by atoms with Gasteiger partial charge in [0, 0.05) is 12.3 Å². The lowest BCUT2D eigenvalue weighted by atomic mass is 10.1. The first-order chi connectivity index (χ1) is 12.1. The van der Waals surface area contributed by atoms with Gasteiger partial charge in [-0.2, -0.15) is 0 Å². The standard InChI is InChI=1S/C19H16N2O4/c1-2-25-19(22)15-12-13-20(18(15)14-8-4-3-5-9-14)16-10-6-7-11-17(16)21(23)24/h3-13H,2H2,1H3. The number of ether oxygens (including phenoxy) is 1. The Morgan fingerprint density at radius 3 is 2.44 bits per heavy atom. The minimum Gasteiger partial charge on any atom is -0.462 e. The zero-order chi connectivity index (χ0) is 17.8. The summed E-state index contributed by atoms with van der Waals surface area (Å²) in [5.74, 6) is -0.460. The Hall–Kier alpha value is -3.41. The first-order valence-corrected chi connectivity index (χ1v) is 7.81. The fraction of sp³-hybridized carbons (Fsp3) is 0.105. The fourth-order valence-corrected chi connectivity index (χ4v) is 2.72. The van der Waals surface area contributed by atoms with Crippen LogP contribution in [0.25, 0.3) is 16.9 Å². The van der Waals surface area contributed by atoms with Crippen molar-refractivity contribution in [3.05, 3.63) is 82.5 Å². The molecule has 0 radical (unpaired) electrons. The third-order valence-corrected chi connectivity index (χ3v) is 3.77. The van der Waals surface area contributed by atoms with Crippen LogP contribution in [0, 0.1) is 10.1 Å². The summed E-state index contributed by atoms with van der Waals surface area (Å²) >= 11 is 0. The Kier molecular flexibility index (Phi) is 4.61. The van der Waals surface area contributed by atoms with Crippen molar-refractivity contribution in [3.63, 3.8) is 0 Å². The number of esters is 1. The lowest BCUT2D eigenvalue weighted by Gasteiger charge is -2.12. The molecule has 0 saturated heterocycles. The zero-order valence-corrected chi connectivity index (χ0v) is 13.6. The number of para-hydroxylation sites is 2. The smallest absolute Gasteiger partial charge is 0.340 e. The summed E-state index contributed by atoms with van der Waals surface area (Å²) in [6.45, 7) is 1.99. The molecule has 6 heteroatoms. The number of aromatic nitrogens is 1. The van der Waals surface area contributed by atoms with Gasteiger partial charge in [-0.15, -0.1) is 0 Å². The van der Waals surface area contributed by atoms with Crippen molar-refractivity contribution >= 4 is 11.7 Å². The van der Waals surface area contributed by atoms with Crippen LogP contribution in [0.1, 0.15) is 17.3 Å². The third-order valence-electron chi connectivity index (χ3n) is 3.77. The van der Waals surface area contributed by atoms with Crippen molar-refractivity contribution in [1.29, 1.82) is 0 Å². The maximum absolute atomic E-state index is 12.3. The predicted molar refractivity (Wildman–Crippen MR) is 93.8 cm³/mol. The van der Waals surface area contributed by atoms with Crippen LogP contribution in [0.5, 0.6) is 0 Å². The van der Waals surface area contributed by atoms with E-state index in [-0.39, 0.29) is 12.3 Å². The van der Waals surface area contributed by atoms with Crippen LogP contribution in [0.15, 0.2) is 66.9 Å². The molecule has 6 nitrogen and oxygen atoms in total. The van der Waals surface area contributed by atoms with Gasteiger partial charge in [-0.05, 0) is 24.6 Å². The van der Waals surface area contributed by atoms with E-state index in [1.807, 2.05) is 30.3 Å². The normalized spacial score (nSPS) is 10.4. The molecule has 0 N–H and O–H groups in total. The molecule has 3 rings (SSSR count). The van der Waals surface area contributed by atoms with Crippen molar-refractivity contribution < 1.29 is 14.5 Å². The molecule has 0 spiro atoms. The maximum atomic E-state index is 12.3. The minimum atomic E-state index is -0.460. The van der Waals surface area contributed by atoms with Crippen molar-refractivity contribution in [3.8, 4) is 16.9 Å². The topological polar surface area (TPSA) is 74.4 Å². The SMILES string of the molecule is CCOC(=O)c1ccn(-c2ccccc2[N+](=O)[O-])c1-c1ccccc1. The average Bonchev–Trinajstić information content (AvgIpc) is 3.07. The van der Waals surface area contributed by atoms with E-state index in [9.17, 15) is 14.9 Å². The largest absolute Gasteiger partial charge is 0.462 e. The third kappa shape index (κ3) is 3.14. The van der Waals surface area contributed by atoms with E-state index in [0.717, 1.165) is 5.56 Å². The number of carbonyl (C=O) groups excluding carboxylic acids is 1. The summed E-state index contributed by atoms with van der Waals surface area (Å²) in [4.78, 5) is 23.3. The number of benzene rings is 2. The van der Waals surface area contributed by atoms with Crippen molar-refractivity contribution in [2.45, 2.75) is 6.92 Å². The number of carbonyl (C=O) groups is 1. The predicted octanol–water partition coefficient (Wildman–Crippen LogP) is 4.23. The lowest BCUT2D eigenvalue weighted by molar-refractivity contribution is -0.384. The molecule has 2 aromatic carbocycles. The molecule has 1 heterocycles. The first kappa shape index (κ1) is 16.4. The fourth-order valence-electron chi connectivity index (χ4n) is 2.72. The van der Waals surface area contributed by atoms with Crippen LogP contribution in [-0.2, 0) is 4.74 Å². The van der Waals surface area contributed by atoms with E-state index in [0.29, 0.717) is 16.9 Å². The molecule has 1 aromatic heterocycles. The molecule has 0 aliphatic heterocycles. The Bertz CT molecular complexity index is 916. The monoisotopic (exact) mass is 336 g/mol. The van der Waals surface area contributed by atoms with Crippen LogP contribution < -0.4 is 0 Å². The number of hydrogen-bond acceptors (Lipinski definition) is 4. The number of nitrogens with zero attached hydrogens (tertiary/aromatic N) is 2. The van der Waals surface area contributed by atoms with Gasteiger partial charge in [0.25, 0.3) is 5.69 Å². The molecule has 3 aromatic rings. The number of nitro benzene ring substituents is 1. The maximum Gasteiger partial charge on any atom is 0.340 e. The molecule has 0 atom stereocenters. The van der Waals surface area contributed by atoms with E-state index in [4.69, 9.17) is 4.74 Å². The van der Waals surface area contributed by atoms with Gasteiger partial charge >= 0.3 is 5.97 Å². The molecular formula is C19H16N2O4. The van der Waals surface area contributed by atoms with Gasteiger partial charge in [-0.3, -0.25) is 10.1 Å². The van der Waals surface area contributed by atoms with Crippen LogP contribution in [0.4, 0.5) is 5.69 Å². The van der Waals surface area contributed by atoms with E-state index in [2.05, 4.69) is 0 Å². The molecule has 0 amide bonds. The molecule has 0 fully saturated rings. The zero-order valence-electron chi connectivity index (χ0n) is 13.6. The highest BCUT2D eigenvalue weighted by Crippen LogP contribution is 2.32. The molecule has 0 unspecified atom stereocenters. The second-order valence-electron chi connectivity index (χ2n) is 5.28. The van der Waals surface area contributed by atoms with Crippen LogP contribution >= 0.6 is 0 Å². The Morgan fingerprint density at radius 2 is 1.76 bits per heavy atom. The lowest BCUT2D eigenvalue weighted by Crippen LogP contribution is -2.07. The molecular weight excluding hydrogens is 320 g/mol. The van der Waals surface area contributed by atoms with Gasteiger partial charge in [0.1, 0.15) is 5.69 Å². The van der Waals surface area contributed by atoms with Crippen molar-refractivity contribution in [1.82, 2.24) is 4.57 Å². The Labute approximate surface area is 144 Å². The molecule has 126 valence electrons. The van der Waals surface area contributed by atoms with E-state index in [1.165, 1.54) is 6.07 Å². The van der Waals surface area contributed by atoms with E-state index >= 15 is 0 Å². The number of hydrogen-bond donors (Lipinski definition) is 0. The number of nitro groups is 1. The molecule has 0 saturated carbocycles. The second kappa shape index (κ2) is 7.00. The summed E-state index contributed by atoms with van der Waals surface area (Å²) in [5.41, 5.74) is 2.06. The quantitative estimate of drug-likeness (QED) is 0.397. The highest BCUT2D eigenvalue weighted by atomic mass is 16.6. The first-order valence-electron chi connectivity index (χ1n) is 7.81. The van der Waals surface area contributed by atoms with Gasteiger partial charge in [0.15, 0.2) is 0 Å². The van der Waals surface area contributed by atoms with Crippen molar-refractivity contribution in [2.24, 2.45) is 0 Å². The molecule has 0 bridgehead atoms. The van der Waals surface area contributed by atoms with Crippen LogP contribution in [0.3, 0.4) is 0 Å². The summed E-state index contributed by atoms with van der Waals surface area (Å²) in [6, 6.07) is 17.3. The summed E-state index contributed by atoms with van der Waals surface area (Å²) in [5, 5.41) is 11.4. The van der Waals surface area contributed by atoms with Gasteiger partial charge in [0.05, 0.1) is 22.8 Å². The summed E-state index contributed by atoms with van der Waals surface area (Å²) < 4.78 is 6.78. The van der Waals surface area contributed by atoms with E-state index < -0.39 is 10.9 Å². The van der Waals surface area contributed by atoms with Gasteiger partial charge in [-0.25, -0.2) is 4.79 Å². The van der Waals surface area contributed by atoms with Crippen LogP contribution in [0.2, 0.25) is 0 Å². The van der Waals surface area contributed by atoms with E-state index in [1.54, 1.807) is 42.0 Å². The highest BCUT2D eigenvalue weighted by Gasteiger charge is 2.23. The average molecular weight is 336 g/mol. The second-order valence-corrected chi connectivity index (χ2v) is 5.28. The number of rotatable bonds is 5. The minimum absolute atomic E-state index is 0.0364. The molecule has 0 aliphatic rings. The van der Waals surface area contributed by atoms with Gasteiger partial charge in [-0.1, -0.05) is 42.5 Å². The Morgan fingerprint density at radius 1 is 1.08 bits per heavy atom. The highest BCUT2D eigenvalue weighted by molar-refractivity contribution is 5.97. The Balaban J connectivity index is 2.25. The summed E-state index contributed by atoms with van der Waals surface area (Å²) in [7, 11) is 0. The van der Waals surface area contributed by atoms with Crippen LogP contribution in [-0.4, -0.2) is 22.1 Å². The van der Waals surface area contributed by atoms with Gasteiger partial charge < -0.3 is 9.30 Å². The van der Waals surface area contributed by atoms with Gasteiger partial charge in [0.2, 0.25) is 0 Å². The molecule has 25 heavy (non-hydrogen) atoms. The van der Waals surface area contributed by atoms with Crippen molar-refractivity contribution in [2.75, 3.05) is 6.61 Å². The molecule has 0 aliphatic carbocycles.